The van der Waals surface area contributed by atoms with E-state index in [0.29, 0.717) is 17.4 Å². The normalized spacial score (nSPS) is 10.7. The molecular weight excluding hydrogens is 390 g/mol. The number of halogens is 1. The molecule has 0 aliphatic rings. The number of benzene rings is 2. The number of imidazole rings is 1. The Hall–Kier alpha value is -3.58. The number of nitrogens with one attached hydrogen (secondary N) is 3. The lowest BCUT2D eigenvalue weighted by molar-refractivity contribution is 0.0958. The van der Waals surface area contributed by atoms with Gasteiger partial charge in [0.15, 0.2) is 0 Å². The second-order valence-corrected chi connectivity index (χ2v) is 6.82. The van der Waals surface area contributed by atoms with Crippen molar-refractivity contribution in [2.45, 2.75) is 6.92 Å². The van der Waals surface area contributed by atoms with Crippen molar-refractivity contribution in [3.05, 3.63) is 71.0 Å². The van der Waals surface area contributed by atoms with Crippen LogP contribution in [-0.4, -0.2) is 27.9 Å². The molecule has 2 aromatic heterocycles. The van der Waals surface area contributed by atoms with Gasteiger partial charge in [0.05, 0.1) is 11.0 Å². The maximum Gasteiger partial charge on any atom is 0.269 e. The molecule has 0 radical (unpaired) electrons. The standard InChI is InChI=1S/C21H18ClN5O2/c1-12-9-13(3-5-16(12)22)25-21-26-17-6-4-14(10-18(17)27-21)29-15-7-8-24-19(11-15)20(28)23-2/h3-11H,1-2H3,(H,23,28)(H2,25,26,27). The summed E-state index contributed by atoms with van der Waals surface area (Å²) >= 11 is 6.08. The van der Waals surface area contributed by atoms with Crippen LogP contribution in [0.2, 0.25) is 5.02 Å². The summed E-state index contributed by atoms with van der Waals surface area (Å²) in [5.74, 6) is 1.48. The highest BCUT2D eigenvalue weighted by Gasteiger charge is 2.09. The predicted octanol–water partition coefficient (Wildman–Crippen LogP) is 4.82. The van der Waals surface area contributed by atoms with Gasteiger partial charge in [-0.3, -0.25) is 9.78 Å². The number of aryl methyl sites for hydroxylation is 1. The number of rotatable bonds is 5. The predicted molar refractivity (Wildman–Crippen MR) is 113 cm³/mol. The highest BCUT2D eigenvalue weighted by atomic mass is 35.5. The molecule has 146 valence electrons. The average Bonchev–Trinajstić information content (AvgIpc) is 3.12. The fraction of sp³-hybridized carbons (Fsp3) is 0.0952. The summed E-state index contributed by atoms with van der Waals surface area (Å²) in [5, 5.41) is 6.50. The van der Waals surface area contributed by atoms with E-state index in [1.165, 1.54) is 6.20 Å². The van der Waals surface area contributed by atoms with Gasteiger partial charge in [0, 0.05) is 36.1 Å². The summed E-state index contributed by atoms with van der Waals surface area (Å²) in [5.41, 5.74) is 3.78. The molecule has 1 amide bonds. The Kier molecular flexibility index (Phi) is 5.05. The molecule has 2 aromatic carbocycles. The van der Waals surface area contributed by atoms with Crippen molar-refractivity contribution in [3.63, 3.8) is 0 Å². The number of carbonyl (C=O) groups is 1. The lowest BCUT2D eigenvalue weighted by Crippen LogP contribution is -2.18. The lowest BCUT2D eigenvalue weighted by atomic mass is 10.2. The van der Waals surface area contributed by atoms with Crippen LogP contribution in [-0.2, 0) is 0 Å². The van der Waals surface area contributed by atoms with Crippen LogP contribution >= 0.6 is 11.6 Å². The summed E-state index contributed by atoms with van der Waals surface area (Å²) < 4.78 is 5.88. The molecule has 8 heteroatoms. The zero-order valence-electron chi connectivity index (χ0n) is 15.8. The molecule has 0 bridgehead atoms. The number of carbonyl (C=O) groups excluding carboxylic acids is 1. The van der Waals surface area contributed by atoms with E-state index in [1.807, 2.05) is 43.3 Å². The van der Waals surface area contributed by atoms with Crippen molar-refractivity contribution in [2.75, 3.05) is 12.4 Å². The van der Waals surface area contributed by atoms with Gasteiger partial charge in [-0.2, -0.15) is 0 Å². The molecule has 3 N–H and O–H groups in total. The molecular formula is C21H18ClN5O2. The van der Waals surface area contributed by atoms with Crippen LogP contribution in [0.3, 0.4) is 0 Å². The molecule has 0 unspecified atom stereocenters. The van der Waals surface area contributed by atoms with Crippen molar-refractivity contribution in [1.82, 2.24) is 20.3 Å². The SMILES string of the molecule is CNC(=O)c1cc(Oc2ccc3nc(Nc4ccc(Cl)c(C)c4)[nH]c3c2)ccn1. The van der Waals surface area contributed by atoms with Gasteiger partial charge >= 0.3 is 0 Å². The van der Waals surface area contributed by atoms with Crippen molar-refractivity contribution in [3.8, 4) is 11.5 Å². The highest BCUT2D eigenvalue weighted by molar-refractivity contribution is 6.31. The van der Waals surface area contributed by atoms with Gasteiger partial charge in [0.2, 0.25) is 5.95 Å². The molecule has 0 aliphatic carbocycles. The maximum absolute atomic E-state index is 11.7. The minimum absolute atomic E-state index is 0.271. The number of amides is 1. The number of anilines is 2. The molecule has 4 aromatic rings. The van der Waals surface area contributed by atoms with Gasteiger partial charge in [-0.05, 0) is 48.9 Å². The van der Waals surface area contributed by atoms with Crippen LogP contribution in [0, 0.1) is 6.92 Å². The summed E-state index contributed by atoms with van der Waals surface area (Å²) in [6.07, 6.45) is 1.53. The van der Waals surface area contributed by atoms with Crippen LogP contribution in [0.4, 0.5) is 11.6 Å². The van der Waals surface area contributed by atoms with Crippen LogP contribution in [0.15, 0.2) is 54.7 Å². The Labute approximate surface area is 172 Å². The number of pyridine rings is 1. The summed E-state index contributed by atoms with van der Waals surface area (Å²) in [4.78, 5) is 23.5. The van der Waals surface area contributed by atoms with Crippen LogP contribution in [0.5, 0.6) is 11.5 Å². The number of aromatic nitrogens is 3. The third kappa shape index (κ3) is 4.14. The van der Waals surface area contributed by atoms with Gasteiger partial charge in [-0.15, -0.1) is 0 Å². The molecule has 0 fully saturated rings. The first kappa shape index (κ1) is 18.8. The maximum atomic E-state index is 11.7. The monoisotopic (exact) mass is 407 g/mol. The summed E-state index contributed by atoms with van der Waals surface area (Å²) in [6.45, 7) is 1.95. The fourth-order valence-electron chi connectivity index (χ4n) is 2.83. The number of fused-ring (bicyclic) bond motifs is 1. The summed E-state index contributed by atoms with van der Waals surface area (Å²) in [6, 6.07) is 14.5. The Morgan fingerprint density at radius 1 is 1.10 bits per heavy atom. The van der Waals surface area contributed by atoms with Crippen molar-refractivity contribution < 1.29 is 9.53 Å². The van der Waals surface area contributed by atoms with E-state index in [-0.39, 0.29) is 11.6 Å². The molecule has 29 heavy (non-hydrogen) atoms. The molecule has 4 rings (SSSR count). The zero-order chi connectivity index (χ0) is 20.4. The molecule has 7 nitrogen and oxygen atoms in total. The minimum Gasteiger partial charge on any atom is -0.457 e. The van der Waals surface area contributed by atoms with E-state index in [4.69, 9.17) is 16.3 Å². The number of aromatic amines is 1. The molecule has 0 saturated heterocycles. The van der Waals surface area contributed by atoms with E-state index < -0.39 is 0 Å². The lowest BCUT2D eigenvalue weighted by Gasteiger charge is -2.06. The van der Waals surface area contributed by atoms with Crippen LogP contribution in [0.1, 0.15) is 16.1 Å². The molecule has 0 aliphatic heterocycles. The van der Waals surface area contributed by atoms with Crippen LogP contribution in [0.25, 0.3) is 11.0 Å². The Bertz CT molecular complexity index is 1200. The first-order chi connectivity index (χ1) is 14.0. The Balaban J connectivity index is 1.55. The Morgan fingerprint density at radius 2 is 1.93 bits per heavy atom. The minimum atomic E-state index is -0.271. The first-order valence-corrected chi connectivity index (χ1v) is 9.28. The van der Waals surface area contributed by atoms with Crippen molar-refractivity contribution in [1.29, 1.82) is 0 Å². The van der Waals surface area contributed by atoms with Gasteiger partial charge in [0.1, 0.15) is 17.2 Å². The number of nitrogens with zero attached hydrogens (tertiary/aromatic N) is 2. The smallest absolute Gasteiger partial charge is 0.269 e. The molecule has 0 atom stereocenters. The quantitative estimate of drug-likeness (QED) is 0.441. The van der Waals surface area contributed by atoms with E-state index in [0.717, 1.165) is 27.3 Å². The van der Waals surface area contributed by atoms with Gasteiger partial charge in [-0.25, -0.2) is 4.98 Å². The molecule has 2 heterocycles. The number of hydrogen-bond acceptors (Lipinski definition) is 5. The highest BCUT2D eigenvalue weighted by Crippen LogP contribution is 2.27. The molecule has 0 saturated carbocycles. The van der Waals surface area contributed by atoms with Gasteiger partial charge in [-0.1, -0.05) is 11.6 Å². The van der Waals surface area contributed by atoms with E-state index in [2.05, 4.69) is 25.6 Å². The second-order valence-electron chi connectivity index (χ2n) is 6.41. The third-order valence-corrected chi connectivity index (χ3v) is 4.72. The fourth-order valence-corrected chi connectivity index (χ4v) is 2.95. The van der Waals surface area contributed by atoms with E-state index in [9.17, 15) is 4.79 Å². The topological polar surface area (TPSA) is 91.9 Å². The first-order valence-electron chi connectivity index (χ1n) is 8.91. The number of ether oxygens (including phenoxy) is 1. The van der Waals surface area contributed by atoms with Crippen molar-refractivity contribution in [2.24, 2.45) is 0 Å². The largest absolute Gasteiger partial charge is 0.457 e. The van der Waals surface area contributed by atoms with Crippen molar-refractivity contribution >= 4 is 40.2 Å². The summed E-state index contributed by atoms with van der Waals surface area (Å²) in [7, 11) is 1.56. The van der Waals surface area contributed by atoms with Crippen LogP contribution < -0.4 is 15.4 Å². The van der Waals surface area contributed by atoms with E-state index in [1.54, 1.807) is 19.2 Å². The second kappa shape index (κ2) is 7.81. The van der Waals surface area contributed by atoms with E-state index >= 15 is 0 Å². The number of H-pyrrole nitrogens is 1. The van der Waals surface area contributed by atoms with Gasteiger partial charge < -0.3 is 20.4 Å². The average molecular weight is 408 g/mol. The number of hydrogen-bond donors (Lipinski definition) is 3. The Morgan fingerprint density at radius 3 is 2.72 bits per heavy atom. The molecule has 0 spiro atoms. The van der Waals surface area contributed by atoms with Gasteiger partial charge in [0.25, 0.3) is 5.91 Å². The zero-order valence-corrected chi connectivity index (χ0v) is 16.5. The third-order valence-electron chi connectivity index (χ3n) is 4.30.